The number of nitrogens with one attached hydrogen (secondary N) is 2. The van der Waals surface area contributed by atoms with E-state index in [0.717, 1.165) is 104 Å². The first kappa shape index (κ1) is 102. The molecule has 0 spiro atoms. The maximum atomic E-state index is 13.5. The third-order valence-corrected chi connectivity index (χ3v) is 28.7. The minimum absolute atomic E-state index is 0. The molecule has 6 heterocycles. The van der Waals surface area contributed by atoms with E-state index < -0.39 is 97.9 Å². The Balaban J connectivity index is 0.000000240. The Kier molecular flexibility index (Phi) is 39.5. The summed E-state index contributed by atoms with van der Waals surface area (Å²) in [6.45, 7) is 18.5. The molecule has 4 aromatic heterocycles. The molecule has 4 aliphatic carbocycles. The number of hydrogen-bond acceptors (Lipinski definition) is 23. The van der Waals surface area contributed by atoms with Crippen LogP contribution in [0.4, 0.5) is 0 Å². The predicted molar refractivity (Wildman–Crippen MR) is 482 cm³/mol. The molecule has 2 saturated heterocycles. The Labute approximate surface area is 745 Å². The van der Waals surface area contributed by atoms with Crippen LogP contribution in [0.2, 0.25) is 0 Å². The Hall–Kier alpha value is -8.14. The highest BCUT2D eigenvalue weighted by atomic mass is 32.1. The summed E-state index contributed by atoms with van der Waals surface area (Å²) in [6.07, 6.45) is 24.1. The smallest absolute Gasteiger partial charge is 0.310 e. The first-order valence-electron chi connectivity index (χ1n) is 44.5. The number of hydrogen-bond donors (Lipinski definition) is 14. The van der Waals surface area contributed by atoms with Crippen LogP contribution in [0.25, 0.3) is 33.9 Å². The summed E-state index contributed by atoms with van der Waals surface area (Å²) in [5.41, 5.74) is 8.21. The molecule has 29 heteroatoms. The van der Waals surface area contributed by atoms with Gasteiger partial charge in [-0.1, -0.05) is 175 Å². The van der Waals surface area contributed by atoms with E-state index >= 15 is 0 Å². The Morgan fingerprint density at radius 3 is 1.15 bits per heavy atom. The van der Waals surface area contributed by atoms with E-state index in [1.807, 2.05) is 92.4 Å². The number of aliphatic hydroxyl groups excluding tert-OH is 10. The number of nitrogens with zero attached hydrogens (tertiary/aromatic N) is 6. The van der Waals surface area contributed by atoms with E-state index in [1.54, 1.807) is 24.5 Å². The number of carbonyl (C=O) groups excluding carboxylic acids is 5. The number of likely N-dealkylation sites (tertiary alicyclic amines) is 2. The number of rotatable bonds is 32. The average molecular weight is 1770 g/mol. The summed E-state index contributed by atoms with van der Waals surface area (Å²) in [5, 5.41) is 118. The molecular formula is C96H139N9O18S2. The van der Waals surface area contributed by atoms with E-state index in [4.69, 9.17) is 50.6 Å². The van der Waals surface area contributed by atoms with Crippen LogP contribution in [0.3, 0.4) is 0 Å². The standard InChI is InChI=1S/2C40H50N4O4S.C8H18O5.C7H17NO5.CH4/c2*1-5-25-6-10-27(11-7-25)28-14-16-29(17-15-28)31-21-41-36(42-22-31)30-12-8-26(9-13-30)20-33(38(46)44-23-32(24-44)39(47)48)43-37(45)34-18-19-35(49-34)40(2,3)4;1-2-3-5(10)7(12)8(13)6(11)4-9;1-8-2-4(10)6(12)7(13)5(11)3-9;/h2*8-9,12-13,16,18-19,21-22,25,27-28,32-33H,5-7,10-11,14-15,17,20,23-24H2,1-4H3,(H,43,45)(H,47,48);5-13H,2-4H2,1H3;4-13H,2-3H2,1H3;1H4/t;;5-,6+,7+,8+;4-,5+,6+,7+;/m..00./s1. The number of carboxylic acids is 2. The second-order valence-corrected chi connectivity index (χ2v) is 38.9. The van der Waals surface area contributed by atoms with E-state index in [1.165, 1.54) is 121 Å². The minimum Gasteiger partial charge on any atom is -0.550 e. The largest absolute Gasteiger partial charge is 0.550 e. The zero-order chi connectivity index (χ0) is 90.3. The van der Waals surface area contributed by atoms with E-state index in [0.29, 0.717) is 34.2 Å². The fourth-order valence-electron chi connectivity index (χ4n) is 17.2. The van der Waals surface area contributed by atoms with E-state index in [2.05, 4.69) is 78.2 Å². The maximum absolute atomic E-state index is 13.5. The molecule has 6 aliphatic rings. The van der Waals surface area contributed by atoms with Crippen LogP contribution in [0.5, 0.6) is 0 Å². The lowest BCUT2D eigenvalue weighted by atomic mass is 9.71. The molecule has 12 atom stereocenters. The topological polar surface area (TPSA) is 447 Å². The highest BCUT2D eigenvalue weighted by Crippen LogP contribution is 2.44. The van der Waals surface area contributed by atoms with Crippen molar-refractivity contribution in [3.05, 3.63) is 151 Å². The molecule has 6 aromatic rings. The highest BCUT2D eigenvalue weighted by Gasteiger charge is 2.41. The number of carboxylic acid groups (broad SMARTS) is 2. The van der Waals surface area contributed by atoms with Crippen LogP contribution in [-0.4, -0.2) is 235 Å². The Bertz CT molecular complexity index is 4150. The van der Waals surface area contributed by atoms with Gasteiger partial charge in [-0.05, 0) is 164 Å². The van der Waals surface area contributed by atoms with Gasteiger partial charge in [0.25, 0.3) is 11.8 Å². The second kappa shape index (κ2) is 48.3. The van der Waals surface area contributed by atoms with Crippen molar-refractivity contribution in [1.82, 2.24) is 40.4 Å². The number of benzene rings is 2. The molecular weight excluding hydrogens is 1630 g/mol. The molecule has 2 aromatic carbocycles. The SMILES string of the molecule is C.CCC1CCC(C2CC=C(c3cnc(-c4ccc(CC(NC(=O)c5ccc(C(C)(C)C)s5)C(=O)N5CC(C(=O)O)C5)cc4)nc3)CC2)CC1.CCC1CCC(C2CC=C(c3cnc(-c4ccc(CC(NC(=O)c5ccc(C(C)(C)C)s5)C(=O)N5CC(C(=O)[O-])C5)cc4)nc3)CC2)CC1.CCC[C@H](O)[C@@H](O)[C@H](O)[C@H](O)CO.C[NH2+]C[C@H](O)[C@@H](O)[C@H](O)[C@H](O)CO. The van der Waals surface area contributed by atoms with Gasteiger partial charge in [-0.25, -0.2) is 19.9 Å². The molecule has 0 radical (unpaired) electrons. The number of aliphatic carboxylic acids is 2. The van der Waals surface area contributed by atoms with Crippen molar-refractivity contribution >= 4 is 69.4 Å². The third kappa shape index (κ3) is 28.9. The van der Waals surface area contributed by atoms with Crippen LogP contribution in [0.15, 0.2) is 110 Å². The van der Waals surface area contributed by atoms with Gasteiger partial charge in [0.2, 0.25) is 11.8 Å². The van der Waals surface area contributed by atoms with Crippen LogP contribution in [-0.2, 0) is 42.8 Å². The average Bonchev–Trinajstić information content (AvgIpc) is 1.65. The van der Waals surface area contributed by atoms with Gasteiger partial charge in [0.1, 0.15) is 61.4 Å². The quantitative estimate of drug-likeness (QED) is 0.0188. The molecule has 27 nitrogen and oxygen atoms in total. The first-order chi connectivity index (χ1) is 59.0. The number of thiophene rings is 2. The van der Waals surface area contributed by atoms with Crippen LogP contribution in [0.1, 0.15) is 237 Å². The number of nitrogens with two attached hydrogens (primary N) is 1. The van der Waals surface area contributed by atoms with Crippen LogP contribution < -0.4 is 21.1 Å². The first-order valence-corrected chi connectivity index (χ1v) is 46.2. The van der Waals surface area contributed by atoms with Crippen LogP contribution in [0, 0.1) is 47.3 Å². The molecule has 12 rings (SSSR count). The van der Waals surface area contributed by atoms with E-state index in [9.17, 15) is 59.4 Å². The number of likely N-dealkylation sites (N-methyl/N-ethyl adjacent to an activating group) is 1. The molecule has 4 amide bonds. The number of quaternary nitrogens is 1. The number of allylic oxidation sites excluding steroid dienone is 4. The summed E-state index contributed by atoms with van der Waals surface area (Å²) in [4.78, 5) is 101. The number of carbonyl (C=O) groups is 6. The molecule has 2 saturated carbocycles. The number of aromatic nitrogens is 4. The van der Waals surface area contributed by atoms with Gasteiger partial charge < -0.3 is 91.8 Å². The van der Waals surface area contributed by atoms with Gasteiger partial charge in [0.05, 0.1) is 42.0 Å². The highest BCUT2D eigenvalue weighted by molar-refractivity contribution is 7.14. The normalized spacial score (nSPS) is 21.7. The zero-order valence-corrected chi connectivity index (χ0v) is 75.4. The van der Waals surface area contributed by atoms with Gasteiger partial charge in [-0.3, -0.25) is 24.0 Å². The van der Waals surface area contributed by atoms with Crippen molar-refractivity contribution in [2.24, 2.45) is 47.3 Å². The summed E-state index contributed by atoms with van der Waals surface area (Å²) in [6, 6.07) is 21.4. The lowest BCUT2D eigenvalue weighted by Crippen LogP contribution is -2.83. The number of amides is 4. The second-order valence-electron chi connectivity index (χ2n) is 36.7. The summed E-state index contributed by atoms with van der Waals surface area (Å²) >= 11 is 2.84. The summed E-state index contributed by atoms with van der Waals surface area (Å²) in [5.74, 6) is 2.04. The van der Waals surface area contributed by atoms with Crippen molar-refractivity contribution in [2.45, 2.75) is 270 Å². The van der Waals surface area contributed by atoms with Gasteiger partial charge in [0, 0.05) is 108 Å². The van der Waals surface area contributed by atoms with Crippen molar-refractivity contribution in [3.8, 4) is 22.8 Å². The molecule has 4 unspecified atom stereocenters. The third-order valence-electron chi connectivity index (χ3n) is 25.6. The zero-order valence-electron chi connectivity index (χ0n) is 73.7. The molecule has 125 heavy (non-hydrogen) atoms. The lowest BCUT2D eigenvalue weighted by Gasteiger charge is -2.41. The van der Waals surface area contributed by atoms with Crippen molar-refractivity contribution < 1.29 is 95.4 Å². The molecule has 2 aliphatic heterocycles. The van der Waals surface area contributed by atoms with Crippen molar-refractivity contribution in [1.29, 1.82) is 0 Å². The van der Waals surface area contributed by atoms with Crippen LogP contribution >= 0.6 is 22.7 Å². The fourth-order valence-corrected chi connectivity index (χ4v) is 19.1. The minimum atomic E-state index is -1.53. The van der Waals surface area contributed by atoms with Gasteiger partial charge >= 0.3 is 5.97 Å². The fraction of sp³-hybridized carbons (Fsp3) is 0.604. The maximum Gasteiger partial charge on any atom is 0.310 e. The molecule has 688 valence electrons. The molecule has 15 N–H and O–H groups in total. The van der Waals surface area contributed by atoms with Gasteiger partial charge in [-0.15, -0.1) is 22.7 Å². The Morgan fingerprint density at radius 2 is 0.848 bits per heavy atom. The predicted octanol–water partition coefficient (Wildman–Crippen LogP) is 8.71. The van der Waals surface area contributed by atoms with Crippen molar-refractivity contribution in [2.75, 3.05) is 53.0 Å². The van der Waals surface area contributed by atoms with E-state index in [-0.39, 0.29) is 87.5 Å². The van der Waals surface area contributed by atoms with Crippen molar-refractivity contribution in [3.63, 3.8) is 0 Å². The monoisotopic (exact) mass is 1770 g/mol. The van der Waals surface area contributed by atoms with Gasteiger partial charge in [-0.2, -0.15) is 0 Å². The summed E-state index contributed by atoms with van der Waals surface area (Å²) in [7, 11) is 1.70. The molecule has 4 fully saturated rings. The Morgan fingerprint density at radius 1 is 0.488 bits per heavy atom. The van der Waals surface area contributed by atoms with Gasteiger partial charge in [0.15, 0.2) is 11.6 Å². The lowest BCUT2D eigenvalue weighted by molar-refractivity contribution is -0.635. The number of aliphatic hydroxyl groups is 10. The summed E-state index contributed by atoms with van der Waals surface area (Å²) < 4.78 is 0. The molecule has 0 bridgehead atoms.